The fourth-order valence-electron chi connectivity index (χ4n) is 5.05. The van der Waals surface area contributed by atoms with Gasteiger partial charge in [-0.3, -0.25) is 13.9 Å². The van der Waals surface area contributed by atoms with E-state index in [4.69, 9.17) is 9.15 Å². The molecule has 1 N–H and O–H groups in total. The molecule has 37 heavy (non-hydrogen) atoms. The topological polar surface area (TPSA) is 109 Å². The lowest BCUT2D eigenvalue weighted by molar-refractivity contribution is -0.145. The van der Waals surface area contributed by atoms with Crippen molar-refractivity contribution in [3.63, 3.8) is 0 Å². The molecular formula is C26H28FN3O6S. The third kappa shape index (κ3) is 4.57. The average molecular weight is 530 g/mol. The smallest absolute Gasteiger partial charge is 0.255 e. The van der Waals surface area contributed by atoms with Gasteiger partial charge in [0.15, 0.2) is 6.10 Å². The molecule has 3 aromatic rings. The van der Waals surface area contributed by atoms with Gasteiger partial charge in [0, 0.05) is 42.7 Å². The number of ether oxygens (including phenoxy) is 1. The third-order valence-electron chi connectivity index (χ3n) is 6.90. The molecule has 0 radical (unpaired) electrons. The third-order valence-corrected chi connectivity index (χ3v) is 8.04. The maximum atomic E-state index is 13.5. The molecule has 0 spiro atoms. The molecule has 3 heterocycles. The number of fused-ring (bicyclic) bond motifs is 2. The number of anilines is 1. The van der Waals surface area contributed by atoms with E-state index >= 15 is 0 Å². The molecule has 11 heteroatoms. The normalized spacial score (nSPS) is 20.1. The van der Waals surface area contributed by atoms with E-state index in [1.807, 2.05) is 0 Å². The molecular weight excluding hydrogens is 501 g/mol. The van der Waals surface area contributed by atoms with Gasteiger partial charge in [-0.15, -0.1) is 0 Å². The zero-order valence-electron chi connectivity index (χ0n) is 20.8. The standard InChI is InChI=1S/C26H28FN3O6S/c1-15-18-12-19-21(36-24(23(19)25(31)28-2)16-6-8-17(27)9-7-16)13-20(18)30(37(3,33)34)14-22(35-15)26(32)29-10-4-5-11-29/h6-9,12-13,15,22H,4-5,10-11,14H2,1-3H3,(H,28,31). The second kappa shape index (κ2) is 9.46. The van der Waals surface area contributed by atoms with Crippen LogP contribution in [0.4, 0.5) is 10.1 Å². The second-order valence-electron chi connectivity index (χ2n) is 9.39. The molecule has 2 aliphatic rings. The van der Waals surface area contributed by atoms with Gasteiger partial charge in [-0.05, 0) is 50.1 Å². The summed E-state index contributed by atoms with van der Waals surface area (Å²) < 4.78 is 52.8. The van der Waals surface area contributed by atoms with Crippen LogP contribution in [0.5, 0.6) is 0 Å². The Morgan fingerprint density at radius 1 is 1.11 bits per heavy atom. The molecule has 0 aliphatic carbocycles. The first-order valence-corrected chi connectivity index (χ1v) is 13.9. The van der Waals surface area contributed by atoms with E-state index in [1.165, 1.54) is 35.6 Å². The summed E-state index contributed by atoms with van der Waals surface area (Å²) in [5.74, 6) is -0.849. The van der Waals surface area contributed by atoms with Crippen molar-refractivity contribution >= 4 is 38.5 Å². The summed E-state index contributed by atoms with van der Waals surface area (Å²) in [6.07, 6.45) is 1.26. The summed E-state index contributed by atoms with van der Waals surface area (Å²) in [7, 11) is -2.32. The van der Waals surface area contributed by atoms with Crippen LogP contribution in [0.15, 0.2) is 40.8 Å². The lowest BCUT2D eigenvalue weighted by Gasteiger charge is -2.27. The van der Waals surface area contributed by atoms with Crippen molar-refractivity contribution in [2.75, 3.05) is 37.2 Å². The van der Waals surface area contributed by atoms with Crippen LogP contribution >= 0.6 is 0 Å². The highest BCUT2D eigenvalue weighted by molar-refractivity contribution is 7.92. The predicted octanol–water partition coefficient (Wildman–Crippen LogP) is 3.45. The molecule has 1 fully saturated rings. The van der Waals surface area contributed by atoms with Crippen molar-refractivity contribution in [3.8, 4) is 11.3 Å². The van der Waals surface area contributed by atoms with Gasteiger partial charge < -0.3 is 19.4 Å². The number of hydrogen-bond acceptors (Lipinski definition) is 6. The number of amides is 2. The second-order valence-corrected chi connectivity index (χ2v) is 11.3. The number of carbonyl (C=O) groups is 2. The Hall–Kier alpha value is -3.44. The maximum Gasteiger partial charge on any atom is 0.255 e. The number of rotatable bonds is 4. The first-order valence-electron chi connectivity index (χ1n) is 12.1. The van der Waals surface area contributed by atoms with E-state index in [0.717, 1.165) is 19.1 Å². The quantitative estimate of drug-likeness (QED) is 0.555. The lowest BCUT2D eigenvalue weighted by Crippen LogP contribution is -2.46. The number of hydrogen-bond donors (Lipinski definition) is 1. The summed E-state index contributed by atoms with van der Waals surface area (Å²) >= 11 is 0. The number of halogens is 1. The van der Waals surface area contributed by atoms with Crippen LogP contribution < -0.4 is 9.62 Å². The van der Waals surface area contributed by atoms with Gasteiger partial charge in [-0.1, -0.05) is 0 Å². The average Bonchev–Trinajstić information content (AvgIpc) is 3.49. The Bertz CT molecular complexity index is 1480. The summed E-state index contributed by atoms with van der Waals surface area (Å²) in [5, 5.41) is 3.06. The molecule has 1 aromatic heterocycles. The Balaban J connectivity index is 1.68. The highest BCUT2D eigenvalue weighted by Crippen LogP contribution is 2.42. The van der Waals surface area contributed by atoms with Crippen LogP contribution in [0.2, 0.25) is 0 Å². The van der Waals surface area contributed by atoms with Gasteiger partial charge >= 0.3 is 0 Å². The lowest BCUT2D eigenvalue weighted by atomic mass is 10.0. The largest absolute Gasteiger partial charge is 0.455 e. The van der Waals surface area contributed by atoms with Gasteiger partial charge in [-0.25, -0.2) is 12.8 Å². The number of likely N-dealkylation sites (tertiary alicyclic amines) is 1. The van der Waals surface area contributed by atoms with Crippen molar-refractivity contribution in [2.45, 2.75) is 32.0 Å². The van der Waals surface area contributed by atoms with E-state index in [-0.39, 0.29) is 29.4 Å². The number of furan rings is 1. The van der Waals surface area contributed by atoms with Crippen molar-refractivity contribution in [2.24, 2.45) is 0 Å². The molecule has 5 rings (SSSR count). The minimum absolute atomic E-state index is 0.176. The predicted molar refractivity (Wildman–Crippen MR) is 136 cm³/mol. The Morgan fingerprint density at radius 2 is 1.78 bits per heavy atom. The zero-order valence-corrected chi connectivity index (χ0v) is 21.6. The molecule has 2 unspecified atom stereocenters. The van der Waals surface area contributed by atoms with Crippen molar-refractivity contribution in [1.82, 2.24) is 10.2 Å². The van der Waals surface area contributed by atoms with Crippen LogP contribution in [-0.4, -0.2) is 64.2 Å². The molecule has 0 saturated carbocycles. The molecule has 2 atom stereocenters. The first kappa shape index (κ1) is 25.2. The van der Waals surface area contributed by atoms with Gasteiger partial charge in [0.1, 0.15) is 17.2 Å². The van der Waals surface area contributed by atoms with Crippen LogP contribution in [0, 0.1) is 5.82 Å². The number of sulfonamides is 1. The Kier molecular flexibility index (Phi) is 6.45. The number of benzene rings is 2. The zero-order chi connectivity index (χ0) is 26.5. The van der Waals surface area contributed by atoms with Crippen LogP contribution in [-0.2, 0) is 19.6 Å². The van der Waals surface area contributed by atoms with E-state index in [9.17, 15) is 22.4 Å². The fraction of sp³-hybridized carbons (Fsp3) is 0.385. The van der Waals surface area contributed by atoms with Gasteiger partial charge in [-0.2, -0.15) is 0 Å². The van der Waals surface area contributed by atoms with Crippen LogP contribution in [0.1, 0.15) is 41.8 Å². The minimum Gasteiger partial charge on any atom is -0.455 e. The Labute approximate surface area is 214 Å². The minimum atomic E-state index is -3.81. The molecule has 2 aromatic carbocycles. The molecule has 2 amide bonds. The van der Waals surface area contributed by atoms with E-state index in [0.29, 0.717) is 35.3 Å². The Morgan fingerprint density at radius 3 is 2.41 bits per heavy atom. The van der Waals surface area contributed by atoms with Crippen molar-refractivity contribution in [3.05, 3.63) is 53.3 Å². The first-order chi connectivity index (χ1) is 17.6. The van der Waals surface area contributed by atoms with E-state index in [1.54, 1.807) is 24.0 Å². The number of carbonyl (C=O) groups excluding carboxylic acids is 2. The molecule has 1 saturated heterocycles. The molecule has 0 bridgehead atoms. The van der Waals surface area contributed by atoms with Gasteiger partial charge in [0.2, 0.25) is 10.0 Å². The fourth-order valence-corrected chi connectivity index (χ4v) is 5.97. The van der Waals surface area contributed by atoms with Crippen molar-refractivity contribution in [1.29, 1.82) is 0 Å². The SMILES string of the molecule is CNC(=O)c1c(-c2ccc(F)cc2)oc2cc3c(cc12)C(C)OC(C(=O)N1CCCC1)CN3S(C)(=O)=O. The molecule has 196 valence electrons. The van der Waals surface area contributed by atoms with E-state index in [2.05, 4.69) is 5.32 Å². The highest BCUT2D eigenvalue weighted by Gasteiger charge is 2.38. The van der Waals surface area contributed by atoms with Crippen molar-refractivity contribution < 1.29 is 31.6 Å². The molecule has 2 aliphatic heterocycles. The van der Waals surface area contributed by atoms with Gasteiger partial charge in [0.05, 0.1) is 30.2 Å². The van der Waals surface area contributed by atoms with Crippen LogP contribution in [0.3, 0.4) is 0 Å². The summed E-state index contributed by atoms with van der Waals surface area (Å²) in [5.41, 5.74) is 1.83. The van der Waals surface area contributed by atoms with E-state index < -0.39 is 34.0 Å². The number of nitrogens with zero attached hydrogens (tertiary/aromatic N) is 2. The molecule has 9 nitrogen and oxygen atoms in total. The van der Waals surface area contributed by atoms with Crippen LogP contribution in [0.25, 0.3) is 22.3 Å². The summed E-state index contributed by atoms with van der Waals surface area (Å²) in [4.78, 5) is 27.8. The highest BCUT2D eigenvalue weighted by atomic mass is 32.2. The maximum absolute atomic E-state index is 13.5. The monoisotopic (exact) mass is 529 g/mol. The summed E-state index contributed by atoms with van der Waals surface area (Å²) in [6, 6.07) is 8.79. The summed E-state index contributed by atoms with van der Waals surface area (Å²) in [6.45, 7) is 2.81. The number of nitrogens with one attached hydrogen (secondary N) is 1. The van der Waals surface area contributed by atoms with Gasteiger partial charge in [0.25, 0.3) is 11.8 Å².